The highest BCUT2D eigenvalue weighted by Gasteiger charge is 2.49. The Labute approximate surface area is 173 Å². The normalized spacial score (nSPS) is 18.9. The number of alkyl halides is 2. The van der Waals surface area contributed by atoms with Crippen LogP contribution in [0.1, 0.15) is 18.1 Å². The van der Waals surface area contributed by atoms with Crippen LogP contribution >= 0.6 is 11.6 Å². The van der Waals surface area contributed by atoms with Crippen molar-refractivity contribution < 1.29 is 28.0 Å². The summed E-state index contributed by atoms with van der Waals surface area (Å²) in [5.74, 6) is -0.830. The second-order valence-corrected chi connectivity index (χ2v) is 6.69. The zero-order valence-corrected chi connectivity index (χ0v) is 16.0. The summed E-state index contributed by atoms with van der Waals surface area (Å²) in [4.78, 5) is 35.3. The molecule has 1 heterocycles. The molecule has 1 N–H and O–H groups in total. The third-order valence-electron chi connectivity index (χ3n) is 4.32. The Kier molecular flexibility index (Phi) is 5.65. The molecule has 12 heteroatoms. The number of nitro groups is 1. The first-order chi connectivity index (χ1) is 14.1. The van der Waals surface area contributed by atoms with E-state index in [0.29, 0.717) is 10.6 Å². The Hall–Kier alpha value is -3.60. The van der Waals surface area contributed by atoms with Crippen molar-refractivity contribution in [2.75, 3.05) is 0 Å². The first kappa shape index (κ1) is 21.1. The van der Waals surface area contributed by atoms with Gasteiger partial charge in [0.2, 0.25) is 0 Å². The van der Waals surface area contributed by atoms with Gasteiger partial charge in [-0.3, -0.25) is 14.9 Å². The number of urea groups is 1. The van der Waals surface area contributed by atoms with Gasteiger partial charge in [0.25, 0.3) is 11.6 Å². The van der Waals surface area contributed by atoms with Crippen LogP contribution in [-0.4, -0.2) is 34.7 Å². The lowest BCUT2D eigenvalue weighted by Crippen LogP contribution is -2.40. The van der Waals surface area contributed by atoms with Gasteiger partial charge < -0.3 is 10.1 Å². The van der Waals surface area contributed by atoms with Crippen molar-refractivity contribution in [3.63, 3.8) is 0 Å². The molecule has 3 amide bonds. The van der Waals surface area contributed by atoms with Gasteiger partial charge in [-0.25, -0.2) is 4.79 Å². The van der Waals surface area contributed by atoms with Crippen LogP contribution in [0.15, 0.2) is 47.6 Å². The minimum atomic E-state index is -2.99. The molecule has 1 atom stereocenters. The van der Waals surface area contributed by atoms with Crippen LogP contribution in [0.3, 0.4) is 0 Å². The van der Waals surface area contributed by atoms with Crippen LogP contribution < -0.4 is 10.1 Å². The maximum atomic E-state index is 12.8. The molecule has 1 fully saturated rings. The molecule has 0 saturated carbocycles. The third kappa shape index (κ3) is 4.06. The Morgan fingerprint density at radius 1 is 1.27 bits per heavy atom. The van der Waals surface area contributed by atoms with Crippen LogP contribution in [0.2, 0.25) is 5.02 Å². The lowest BCUT2D eigenvalue weighted by Gasteiger charge is -2.21. The van der Waals surface area contributed by atoms with Gasteiger partial charge >= 0.3 is 12.6 Å². The van der Waals surface area contributed by atoms with Crippen molar-refractivity contribution in [3.05, 3.63) is 68.7 Å². The molecular formula is C18H13ClF2N4O5. The topological polar surface area (TPSA) is 114 Å². The van der Waals surface area contributed by atoms with Crippen molar-refractivity contribution >= 4 is 35.4 Å². The molecule has 1 aliphatic rings. The summed E-state index contributed by atoms with van der Waals surface area (Å²) < 4.78 is 28.8. The number of hydrogen-bond donors (Lipinski definition) is 1. The molecule has 9 nitrogen and oxygen atoms in total. The van der Waals surface area contributed by atoms with Gasteiger partial charge in [-0.15, -0.1) is 5.01 Å². The average molecular weight is 439 g/mol. The van der Waals surface area contributed by atoms with Crippen molar-refractivity contribution in [1.29, 1.82) is 0 Å². The molecule has 0 radical (unpaired) electrons. The van der Waals surface area contributed by atoms with Gasteiger partial charge in [0.15, 0.2) is 0 Å². The molecule has 3 rings (SSSR count). The van der Waals surface area contributed by atoms with E-state index in [4.69, 9.17) is 11.6 Å². The number of carbonyl (C=O) groups excluding carboxylic acids is 2. The minimum Gasteiger partial charge on any atom is -0.435 e. The molecule has 2 aromatic rings. The van der Waals surface area contributed by atoms with Gasteiger partial charge in [0.05, 0.1) is 11.1 Å². The average Bonchev–Trinajstić information content (AvgIpc) is 2.90. The van der Waals surface area contributed by atoms with Gasteiger partial charge in [0, 0.05) is 11.6 Å². The molecule has 1 aliphatic heterocycles. The van der Waals surface area contributed by atoms with Gasteiger partial charge in [-0.1, -0.05) is 29.8 Å². The first-order valence-electron chi connectivity index (χ1n) is 8.32. The maximum absolute atomic E-state index is 12.8. The molecule has 156 valence electrons. The molecule has 0 aliphatic carbocycles. The summed E-state index contributed by atoms with van der Waals surface area (Å²) in [5.41, 5.74) is -1.28. The van der Waals surface area contributed by atoms with Crippen LogP contribution in [0.4, 0.5) is 19.3 Å². The van der Waals surface area contributed by atoms with Gasteiger partial charge in [-0.05, 0) is 30.7 Å². The molecule has 1 unspecified atom stereocenters. The van der Waals surface area contributed by atoms with E-state index in [1.165, 1.54) is 43.3 Å². The number of hydrogen-bond acceptors (Lipinski definition) is 6. The predicted molar refractivity (Wildman–Crippen MR) is 102 cm³/mol. The van der Waals surface area contributed by atoms with E-state index in [2.05, 4.69) is 15.2 Å². The van der Waals surface area contributed by atoms with Crippen molar-refractivity contribution in [3.8, 4) is 5.75 Å². The lowest BCUT2D eigenvalue weighted by atomic mass is 9.92. The predicted octanol–water partition coefficient (Wildman–Crippen LogP) is 3.65. The molecule has 1 saturated heterocycles. The number of hydrazone groups is 1. The smallest absolute Gasteiger partial charge is 0.387 e. The van der Waals surface area contributed by atoms with E-state index in [9.17, 15) is 28.5 Å². The highest BCUT2D eigenvalue weighted by Crippen LogP contribution is 2.31. The van der Waals surface area contributed by atoms with E-state index in [1.807, 2.05) is 0 Å². The highest BCUT2D eigenvalue weighted by atomic mass is 35.5. The summed E-state index contributed by atoms with van der Waals surface area (Å²) in [5, 5.41) is 17.8. The number of rotatable bonds is 6. The van der Waals surface area contributed by atoms with Crippen LogP contribution in [-0.2, 0) is 10.3 Å². The number of amides is 3. The van der Waals surface area contributed by atoms with E-state index in [1.54, 1.807) is 0 Å². The Morgan fingerprint density at radius 3 is 2.53 bits per heavy atom. The fraction of sp³-hybridized carbons (Fsp3) is 0.167. The quantitative estimate of drug-likeness (QED) is 0.320. The SMILES string of the molecule is CC1(c2ccc(OC(F)F)cc2)NC(=O)N(/N=C/c2ccc(Cl)c([N+](=O)[O-])c2)C1=O. The number of carbonyl (C=O) groups is 2. The van der Waals surface area contributed by atoms with Crippen LogP contribution in [0.5, 0.6) is 5.75 Å². The summed E-state index contributed by atoms with van der Waals surface area (Å²) in [7, 11) is 0. The monoisotopic (exact) mass is 438 g/mol. The molecule has 0 spiro atoms. The lowest BCUT2D eigenvalue weighted by molar-refractivity contribution is -0.384. The molecule has 0 aromatic heterocycles. The fourth-order valence-electron chi connectivity index (χ4n) is 2.77. The number of benzene rings is 2. The summed E-state index contributed by atoms with van der Waals surface area (Å²) in [6.07, 6.45) is 1.10. The van der Waals surface area contributed by atoms with Crippen LogP contribution in [0, 0.1) is 10.1 Å². The van der Waals surface area contributed by atoms with E-state index >= 15 is 0 Å². The van der Waals surface area contributed by atoms with E-state index in [0.717, 1.165) is 12.3 Å². The summed E-state index contributed by atoms with van der Waals surface area (Å²) >= 11 is 5.74. The Balaban J connectivity index is 1.83. The van der Waals surface area contributed by atoms with Gasteiger partial charge in [-0.2, -0.15) is 13.9 Å². The van der Waals surface area contributed by atoms with Gasteiger partial charge in [0.1, 0.15) is 16.3 Å². The standard InChI is InChI=1S/C18H13ClF2N4O5/c1-18(11-3-5-12(6-4-11)30-16(20)21)15(26)24(17(27)23-18)22-9-10-2-7-13(19)14(8-10)25(28)29/h2-9,16H,1H3,(H,23,27)/b22-9+. The Morgan fingerprint density at radius 2 is 1.93 bits per heavy atom. The molecule has 30 heavy (non-hydrogen) atoms. The molecule has 2 aromatic carbocycles. The zero-order valence-electron chi connectivity index (χ0n) is 15.2. The summed E-state index contributed by atoms with van der Waals surface area (Å²) in [6, 6.07) is 8.26. The summed E-state index contributed by atoms with van der Waals surface area (Å²) in [6.45, 7) is -1.56. The first-order valence-corrected chi connectivity index (χ1v) is 8.69. The number of nitro benzene ring substituents is 1. The number of nitrogens with zero attached hydrogens (tertiary/aromatic N) is 3. The van der Waals surface area contributed by atoms with E-state index in [-0.39, 0.29) is 22.0 Å². The second-order valence-electron chi connectivity index (χ2n) is 6.29. The fourth-order valence-corrected chi connectivity index (χ4v) is 2.96. The van der Waals surface area contributed by atoms with E-state index < -0.39 is 29.0 Å². The van der Waals surface area contributed by atoms with Crippen molar-refractivity contribution in [1.82, 2.24) is 10.3 Å². The number of ether oxygens (including phenoxy) is 1. The number of halogens is 3. The second kappa shape index (κ2) is 8.03. The number of nitrogens with one attached hydrogen (secondary N) is 1. The largest absolute Gasteiger partial charge is 0.435 e. The third-order valence-corrected chi connectivity index (χ3v) is 4.64. The number of imide groups is 1. The maximum Gasteiger partial charge on any atom is 0.387 e. The minimum absolute atomic E-state index is 0.0704. The van der Waals surface area contributed by atoms with Crippen LogP contribution in [0.25, 0.3) is 0 Å². The Bertz CT molecular complexity index is 1050. The van der Waals surface area contributed by atoms with Crippen molar-refractivity contribution in [2.24, 2.45) is 5.10 Å². The highest BCUT2D eigenvalue weighted by molar-refractivity contribution is 6.32. The zero-order chi connectivity index (χ0) is 22.1. The van der Waals surface area contributed by atoms with Crippen molar-refractivity contribution in [2.45, 2.75) is 19.1 Å². The molecular weight excluding hydrogens is 426 g/mol. The molecule has 0 bridgehead atoms.